The molecule has 96 valence electrons. The minimum Gasteiger partial charge on any atom is -0.310 e. The summed E-state index contributed by atoms with van der Waals surface area (Å²) in [6.07, 6.45) is 1.93. The van der Waals surface area contributed by atoms with Crippen LogP contribution in [0.15, 0.2) is 28.9 Å². The fraction of sp³-hybridized carbons (Fsp3) is 0.308. The first-order chi connectivity index (χ1) is 8.56. The fourth-order valence-corrected chi connectivity index (χ4v) is 3.39. The van der Waals surface area contributed by atoms with Gasteiger partial charge in [0.05, 0.1) is 0 Å². The summed E-state index contributed by atoms with van der Waals surface area (Å²) in [5.41, 5.74) is 1.08. The van der Waals surface area contributed by atoms with Crippen molar-refractivity contribution in [3.05, 3.63) is 38.8 Å². The maximum Gasteiger partial charge on any atom is 0.124 e. The second-order valence-electron chi connectivity index (χ2n) is 4.29. The number of benzene rings is 1. The molecule has 0 atom stereocenters. The zero-order chi connectivity index (χ0) is 13.1. The van der Waals surface area contributed by atoms with Crippen molar-refractivity contribution in [2.24, 2.45) is 0 Å². The van der Waals surface area contributed by atoms with E-state index in [1.165, 1.54) is 4.88 Å². The van der Waals surface area contributed by atoms with Crippen LogP contribution in [-0.2, 0) is 6.54 Å². The zero-order valence-electron chi connectivity index (χ0n) is 10.2. The van der Waals surface area contributed by atoms with Crippen molar-refractivity contribution in [2.45, 2.75) is 26.4 Å². The molecule has 1 N–H and O–H groups in total. The second-order valence-corrected chi connectivity index (χ2v) is 6.70. The molecule has 2 aromatic rings. The predicted octanol–water partition coefficient (Wildman–Crippen LogP) is 4.72. The van der Waals surface area contributed by atoms with Crippen LogP contribution in [0.4, 0.5) is 0 Å². The molecule has 0 aliphatic carbocycles. The summed E-state index contributed by atoms with van der Waals surface area (Å²) in [4.78, 5) is 5.70. The minimum absolute atomic E-state index is 0.484. The van der Waals surface area contributed by atoms with Gasteiger partial charge in [-0.25, -0.2) is 4.98 Å². The molecule has 0 aliphatic rings. The van der Waals surface area contributed by atoms with Crippen LogP contribution in [0.3, 0.4) is 0 Å². The smallest absolute Gasteiger partial charge is 0.124 e. The molecule has 2 nitrogen and oxygen atoms in total. The number of thiazole rings is 1. The monoisotopic (exact) mass is 344 g/mol. The first-order valence-electron chi connectivity index (χ1n) is 5.70. The van der Waals surface area contributed by atoms with Gasteiger partial charge in [-0.05, 0) is 18.2 Å². The Morgan fingerprint density at radius 2 is 2.22 bits per heavy atom. The highest BCUT2D eigenvalue weighted by molar-refractivity contribution is 9.10. The molecule has 1 heterocycles. The quantitative estimate of drug-likeness (QED) is 0.867. The van der Waals surface area contributed by atoms with E-state index in [0.29, 0.717) is 6.04 Å². The van der Waals surface area contributed by atoms with Crippen LogP contribution in [-0.4, -0.2) is 11.0 Å². The third-order valence-electron chi connectivity index (χ3n) is 2.40. The van der Waals surface area contributed by atoms with E-state index < -0.39 is 0 Å². The van der Waals surface area contributed by atoms with E-state index in [2.05, 4.69) is 40.1 Å². The van der Waals surface area contributed by atoms with Crippen molar-refractivity contribution in [1.82, 2.24) is 10.3 Å². The molecule has 5 heteroatoms. The average Bonchev–Trinajstić information content (AvgIpc) is 2.75. The van der Waals surface area contributed by atoms with Gasteiger partial charge in [-0.15, -0.1) is 11.3 Å². The Balaban J connectivity index is 2.18. The van der Waals surface area contributed by atoms with Gasteiger partial charge in [-0.3, -0.25) is 0 Å². The van der Waals surface area contributed by atoms with Crippen molar-refractivity contribution in [3.63, 3.8) is 0 Å². The Morgan fingerprint density at radius 1 is 1.44 bits per heavy atom. The molecule has 0 unspecified atom stereocenters. The summed E-state index contributed by atoms with van der Waals surface area (Å²) >= 11 is 11.2. The highest BCUT2D eigenvalue weighted by Crippen LogP contribution is 2.33. The Labute approximate surface area is 125 Å². The summed E-state index contributed by atoms with van der Waals surface area (Å²) in [5.74, 6) is 0. The summed E-state index contributed by atoms with van der Waals surface area (Å²) < 4.78 is 0.979. The van der Waals surface area contributed by atoms with Crippen LogP contribution in [0.2, 0.25) is 5.02 Å². The van der Waals surface area contributed by atoms with Crippen molar-refractivity contribution in [3.8, 4) is 10.6 Å². The van der Waals surface area contributed by atoms with E-state index in [4.69, 9.17) is 11.6 Å². The van der Waals surface area contributed by atoms with E-state index in [1.807, 2.05) is 24.4 Å². The summed E-state index contributed by atoms with van der Waals surface area (Å²) in [7, 11) is 0. The second kappa shape index (κ2) is 6.15. The van der Waals surface area contributed by atoms with Crippen LogP contribution in [0.5, 0.6) is 0 Å². The Hall–Kier alpha value is -0.420. The zero-order valence-corrected chi connectivity index (χ0v) is 13.4. The molecule has 1 aromatic carbocycles. The molecular formula is C13H14BrClN2S. The van der Waals surface area contributed by atoms with Crippen molar-refractivity contribution in [2.75, 3.05) is 0 Å². The number of hydrogen-bond donors (Lipinski definition) is 1. The van der Waals surface area contributed by atoms with Crippen LogP contribution in [0, 0.1) is 0 Å². The average molecular weight is 346 g/mol. The molecule has 0 amide bonds. The van der Waals surface area contributed by atoms with E-state index in [1.54, 1.807) is 11.3 Å². The molecule has 18 heavy (non-hydrogen) atoms. The maximum atomic E-state index is 5.94. The van der Waals surface area contributed by atoms with E-state index >= 15 is 0 Å². The normalized spacial score (nSPS) is 11.2. The Kier molecular flexibility index (Phi) is 4.78. The number of nitrogens with one attached hydrogen (secondary N) is 1. The Morgan fingerprint density at radius 3 is 2.89 bits per heavy atom. The van der Waals surface area contributed by atoms with Crippen LogP contribution < -0.4 is 5.32 Å². The molecule has 0 fully saturated rings. The van der Waals surface area contributed by atoms with E-state index in [9.17, 15) is 0 Å². The lowest BCUT2D eigenvalue weighted by atomic mass is 10.2. The summed E-state index contributed by atoms with van der Waals surface area (Å²) in [6.45, 7) is 5.13. The van der Waals surface area contributed by atoms with E-state index in [-0.39, 0.29) is 0 Å². The van der Waals surface area contributed by atoms with Crippen molar-refractivity contribution < 1.29 is 0 Å². The Bertz CT molecular complexity index is 540. The van der Waals surface area contributed by atoms with Gasteiger partial charge in [0.15, 0.2) is 0 Å². The highest BCUT2D eigenvalue weighted by atomic mass is 79.9. The lowest BCUT2D eigenvalue weighted by Crippen LogP contribution is -2.21. The fourth-order valence-electron chi connectivity index (χ4n) is 1.48. The van der Waals surface area contributed by atoms with Gasteiger partial charge in [0, 0.05) is 38.7 Å². The number of aromatic nitrogens is 1. The van der Waals surface area contributed by atoms with Crippen molar-refractivity contribution in [1.29, 1.82) is 0 Å². The lowest BCUT2D eigenvalue weighted by Gasteiger charge is -2.04. The standard InChI is InChI=1S/C13H14BrClN2S/c1-8(2)16-6-10-7-17-13(18-10)11-4-3-9(15)5-12(11)14/h3-5,7-8,16H,6H2,1-2H3. The molecule has 0 bridgehead atoms. The largest absolute Gasteiger partial charge is 0.310 e. The maximum absolute atomic E-state index is 5.94. The highest BCUT2D eigenvalue weighted by Gasteiger charge is 2.09. The predicted molar refractivity (Wildman–Crippen MR) is 82.2 cm³/mol. The molecule has 0 saturated heterocycles. The topological polar surface area (TPSA) is 24.9 Å². The van der Waals surface area contributed by atoms with Crippen LogP contribution >= 0.6 is 38.9 Å². The summed E-state index contributed by atoms with van der Waals surface area (Å²) in [5, 5.41) is 5.13. The number of halogens is 2. The lowest BCUT2D eigenvalue weighted by molar-refractivity contribution is 0.593. The number of nitrogens with zero attached hydrogens (tertiary/aromatic N) is 1. The molecule has 1 aromatic heterocycles. The minimum atomic E-state index is 0.484. The summed E-state index contributed by atoms with van der Waals surface area (Å²) in [6, 6.07) is 6.25. The number of hydrogen-bond acceptors (Lipinski definition) is 3. The third-order valence-corrected chi connectivity index (χ3v) is 4.32. The molecule has 0 spiro atoms. The first-order valence-corrected chi connectivity index (χ1v) is 7.68. The molecule has 2 rings (SSSR count). The van der Waals surface area contributed by atoms with Gasteiger partial charge >= 0.3 is 0 Å². The van der Waals surface area contributed by atoms with Crippen LogP contribution in [0.1, 0.15) is 18.7 Å². The van der Waals surface area contributed by atoms with Crippen LogP contribution in [0.25, 0.3) is 10.6 Å². The third kappa shape index (κ3) is 3.54. The molecule has 0 radical (unpaired) electrons. The first kappa shape index (κ1) is 14.0. The molecule has 0 aliphatic heterocycles. The van der Waals surface area contributed by atoms with Gasteiger partial charge in [0.1, 0.15) is 5.01 Å². The molecule has 0 saturated carbocycles. The van der Waals surface area contributed by atoms with Gasteiger partial charge in [-0.2, -0.15) is 0 Å². The van der Waals surface area contributed by atoms with E-state index in [0.717, 1.165) is 26.6 Å². The van der Waals surface area contributed by atoms with Gasteiger partial charge < -0.3 is 5.32 Å². The van der Waals surface area contributed by atoms with Gasteiger partial charge in [-0.1, -0.05) is 41.4 Å². The SMILES string of the molecule is CC(C)NCc1cnc(-c2ccc(Cl)cc2Br)s1. The van der Waals surface area contributed by atoms with Gasteiger partial charge in [0.25, 0.3) is 0 Å². The van der Waals surface area contributed by atoms with Crippen molar-refractivity contribution >= 4 is 38.9 Å². The molecular weight excluding hydrogens is 332 g/mol. The number of rotatable bonds is 4. The van der Waals surface area contributed by atoms with Gasteiger partial charge in [0.2, 0.25) is 0 Å².